The molecule has 0 aromatic carbocycles. The van der Waals surface area contributed by atoms with Crippen molar-refractivity contribution in [1.29, 1.82) is 5.26 Å². The Bertz CT molecular complexity index is 4520. The number of methoxy groups -OCH3 is 1. The van der Waals surface area contributed by atoms with E-state index in [0.29, 0.717) is 112 Å². The molecule has 698 valence electrons. The van der Waals surface area contributed by atoms with Crippen molar-refractivity contribution in [3.8, 4) is 6.07 Å². The standard InChI is InChI=1S/C15H24N2O.C14H22N2O.C14H21NO2.C13H19F2N.C13H18N2.C13H21NO.C12H20NO.C11H18N2O/c1-10(2)7-13-8-12(11(3)4)9-14(16-13)15(18)17(5)6;1-9(2)6-12-7-11(10(3)4)8-13(16-12)14(17)15-5;1-9(2)6-12-7-11(10(3)4)8-13(15-12)14(16)17-5;1-8(2)5-11-6-10(9(3)4)7-12(16-11)13(14)15;1-9(2)5-12-6-11(10(3)4)7-13(8-14)15-12;1-9(2)5-12-6-11(10(3)4)7-13(8-15)14-12;1-9(2)7-12-8-11(10(3)4)5-6-13(12)14;1-7(2)9-12-13-10(14-9)11(5-6-11)8(3)4/h8-11H,7H2,1-6H3;7-10H,6H2,1-5H3,(H,15,17);7-10H,6H2,1-5H3;6-9,13H,5H2,1-4H3;6-7,9-10H,5H2,1-4H3;6-7,9-10,15H,5,8H2,1-4H3;5-6,8-10,14H,7H2,1-4H3;7-8H,5-6H2,1-4H3/q;;;;;;+1;. The van der Waals surface area contributed by atoms with Gasteiger partial charge in [-0.15, -0.1) is 10.2 Å². The Balaban J connectivity index is 0.000000488. The highest BCUT2D eigenvalue weighted by atomic mass is 19.3. The summed E-state index contributed by atoms with van der Waals surface area (Å²) in [6, 6.07) is 29.7. The maximum Gasteiger partial charge on any atom is 0.356 e. The molecule has 0 aliphatic heterocycles. The van der Waals surface area contributed by atoms with Crippen molar-refractivity contribution in [2.45, 2.75) is 345 Å². The number of amides is 2. The molecular formula is C105H163F2N12O7+. The Morgan fingerprint density at radius 1 is 0.460 bits per heavy atom. The van der Waals surface area contributed by atoms with Gasteiger partial charge in [0.15, 0.2) is 0 Å². The Morgan fingerprint density at radius 3 is 1.15 bits per heavy atom. The van der Waals surface area contributed by atoms with Gasteiger partial charge in [-0.1, -0.05) is 222 Å². The van der Waals surface area contributed by atoms with E-state index in [1.807, 2.05) is 56.3 Å². The van der Waals surface area contributed by atoms with E-state index in [9.17, 15) is 28.4 Å². The van der Waals surface area contributed by atoms with Crippen molar-refractivity contribution in [3.05, 3.63) is 216 Å². The summed E-state index contributed by atoms with van der Waals surface area (Å²) in [5, 5.41) is 38.5. The normalized spacial score (nSPS) is 12.1. The number of rotatable bonds is 29. The first-order chi connectivity index (χ1) is 58.7. The molecule has 0 saturated heterocycles. The van der Waals surface area contributed by atoms with E-state index in [2.05, 4.69) is 296 Å². The largest absolute Gasteiger partial charge is 0.464 e. The Labute approximate surface area is 759 Å². The van der Waals surface area contributed by atoms with Crippen molar-refractivity contribution < 1.29 is 47.4 Å². The predicted octanol–water partition coefficient (Wildman–Crippen LogP) is 25.0. The first kappa shape index (κ1) is 113. The smallest absolute Gasteiger partial charge is 0.356 e. The third-order valence-corrected chi connectivity index (χ3v) is 20.7. The number of halogens is 2. The molecule has 3 N–H and O–H groups in total. The van der Waals surface area contributed by atoms with E-state index in [1.54, 1.807) is 32.2 Å². The molecule has 8 aromatic heterocycles. The van der Waals surface area contributed by atoms with Crippen LogP contribution in [0.25, 0.3) is 0 Å². The second kappa shape index (κ2) is 55.4. The summed E-state index contributed by atoms with van der Waals surface area (Å²) in [6.07, 6.45) is 7.93. The zero-order chi connectivity index (χ0) is 96.1. The van der Waals surface area contributed by atoms with E-state index in [-0.39, 0.29) is 41.4 Å². The number of aromatic nitrogens is 9. The first-order valence-corrected chi connectivity index (χ1v) is 46.1. The lowest BCUT2D eigenvalue weighted by molar-refractivity contribution is -0.909. The molecule has 1 aliphatic rings. The highest BCUT2D eigenvalue weighted by molar-refractivity contribution is 5.92. The van der Waals surface area contributed by atoms with E-state index in [1.165, 1.54) is 58.6 Å². The fourth-order valence-electron chi connectivity index (χ4n) is 13.3. The van der Waals surface area contributed by atoms with E-state index in [4.69, 9.17) is 19.5 Å². The molecule has 8 aromatic rings. The first-order valence-electron chi connectivity index (χ1n) is 46.1. The summed E-state index contributed by atoms with van der Waals surface area (Å²) in [6.45, 7) is 68.4. The van der Waals surface area contributed by atoms with Gasteiger partial charge in [0, 0.05) is 84.5 Å². The number of hydrogen-bond acceptors (Lipinski definition) is 16. The number of nitriles is 1. The molecular weight excluding hydrogens is 1580 g/mol. The SMILES string of the molecule is CC(C)Cc1cc(C(C)C)cc(C#N)n1.CC(C)Cc1cc(C(C)C)cc(C(=O)N(C)C)n1.CC(C)Cc1cc(C(C)C)cc(C(F)F)n1.CC(C)Cc1cc(C(C)C)cc(CO)n1.CC(C)Cc1cc(C(C)C)cc[n+]1O.CC(C)c1nnc(C2(C(C)C)CC2)o1.CNC(=O)c1cc(C(C)C)cc(CC(C)C)n1.COC(=O)c1cc(C(C)C)cc(CC(C)C)n1. The van der Waals surface area contributed by atoms with Crippen LogP contribution < -0.4 is 10.0 Å². The quantitative estimate of drug-likeness (QED) is 0.0224. The molecule has 1 fully saturated rings. The van der Waals surface area contributed by atoms with Crippen LogP contribution in [-0.4, -0.2) is 101 Å². The van der Waals surface area contributed by atoms with Gasteiger partial charge in [0.2, 0.25) is 23.7 Å². The Kier molecular flexibility index (Phi) is 49.6. The maximum atomic E-state index is 12.7. The monoisotopic (exact) mass is 1740 g/mol. The number of carbonyl (C=O) groups is 3. The predicted molar refractivity (Wildman–Crippen MR) is 510 cm³/mol. The third-order valence-electron chi connectivity index (χ3n) is 20.7. The van der Waals surface area contributed by atoms with Crippen molar-refractivity contribution in [3.63, 3.8) is 0 Å². The molecule has 1 saturated carbocycles. The molecule has 21 heteroatoms. The van der Waals surface area contributed by atoms with E-state index in [0.717, 1.165) is 113 Å². The topological polar surface area (TPSA) is 260 Å². The van der Waals surface area contributed by atoms with Crippen LogP contribution in [-0.2, 0) is 61.7 Å². The van der Waals surface area contributed by atoms with Crippen molar-refractivity contribution in [1.82, 2.24) is 50.3 Å². The summed E-state index contributed by atoms with van der Waals surface area (Å²) in [5.41, 5.74) is 18.0. The highest BCUT2D eigenvalue weighted by Gasteiger charge is 2.51. The average molecular weight is 1740 g/mol. The van der Waals surface area contributed by atoms with Crippen LogP contribution in [0.5, 0.6) is 0 Å². The number of hydrogen-bond donors (Lipinski definition) is 3. The number of aliphatic hydroxyl groups is 1. The molecule has 19 nitrogen and oxygen atoms in total. The number of alkyl halides is 2. The van der Waals surface area contributed by atoms with Crippen LogP contribution in [0.1, 0.15) is 427 Å². The van der Waals surface area contributed by atoms with Gasteiger partial charge in [-0.2, -0.15) is 5.26 Å². The van der Waals surface area contributed by atoms with Crippen LogP contribution in [0.3, 0.4) is 0 Å². The summed E-state index contributed by atoms with van der Waals surface area (Å²) in [5.74, 6) is 8.76. The average Bonchev–Trinajstić information content (AvgIpc) is 1.60. The lowest BCUT2D eigenvalue weighted by Gasteiger charge is -2.15. The summed E-state index contributed by atoms with van der Waals surface area (Å²) < 4.78 is 37.0. The molecule has 2 amide bonds. The molecule has 0 spiro atoms. The third kappa shape index (κ3) is 41.2. The van der Waals surface area contributed by atoms with Gasteiger partial charge in [0.25, 0.3) is 18.2 Å². The van der Waals surface area contributed by atoms with Crippen LogP contribution >= 0.6 is 0 Å². The van der Waals surface area contributed by atoms with Crippen molar-refractivity contribution in [2.24, 2.45) is 47.3 Å². The summed E-state index contributed by atoms with van der Waals surface area (Å²) >= 11 is 0. The maximum absolute atomic E-state index is 12.7. The van der Waals surface area contributed by atoms with Gasteiger partial charge in [0.05, 0.1) is 24.8 Å². The minimum Gasteiger partial charge on any atom is -0.464 e. The number of nitrogens with one attached hydrogen (secondary N) is 1. The van der Waals surface area contributed by atoms with Crippen LogP contribution in [0.4, 0.5) is 8.78 Å². The van der Waals surface area contributed by atoms with E-state index < -0.39 is 6.43 Å². The molecule has 0 atom stereocenters. The summed E-state index contributed by atoms with van der Waals surface area (Å²) in [4.78, 5) is 62.8. The van der Waals surface area contributed by atoms with Gasteiger partial charge in [-0.25, -0.2) is 33.5 Å². The van der Waals surface area contributed by atoms with Crippen molar-refractivity contribution in [2.75, 3.05) is 28.3 Å². The molecule has 9 rings (SSSR count). The fourth-order valence-corrected chi connectivity index (χ4v) is 13.3. The molecule has 0 radical (unpaired) electrons. The van der Waals surface area contributed by atoms with Crippen molar-refractivity contribution >= 4 is 17.8 Å². The molecule has 126 heavy (non-hydrogen) atoms. The number of nitrogens with zero attached hydrogens (tertiary/aromatic N) is 11. The lowest BCUT2D eigenvalue weighted by Crippen LogP contribution is -2.35. The number of ether oxygens (including phenoxy) is 1. The number of esters is 1. The number of carbonyl (C=O) groups excluding carboxylic acids is 3. The Morgan fingerprint density at radius 2 is 0.810 bits per heavy atom. The van der Waals surface area contributed by atoms with Crippen LogP contribution in [0.15, 0.2) is 95.5 Å². The summed E-state index contributed by atoms with van der Waals surface area (Å²) in [7, 11) is 6.53. The fraction of sp³-hybridized carbons (Fsp3) is 0.610. The van der Waals surface area contributed by atoms with Gasteiger partial charge in [-0.05, 0) is 252 Å². The van der Waals surface area contributed by atoms with Crippen LogP contribution in [0, 0.1) is 58.7 Å². The van der Waals surface area contributed by atoms with Crippen LogP contribution in [0.2, 0.25) is 0 Å². The molecule has 1 aliphatic carbocycles. The van der Waals surface area contributed by atoms with Gasteiger partial charge in [0.1, 0.15) is 34.5 Å². The zero-order valence-corrected chi connectivity index (χ0v) is 84.2. The van der Waals surface area contributed by atoms with Gasteiger partial charge in [-0.3, -0.25) is 24.8 Å². The second-order valence-corrected chi connectivity index (χ2v) is 39.6. The second-order valence-electron chi connectivity index (χ2n) is 39.6. The minimum atomic E-state index is -2.48. The number of aliphatic hydroxyl groups excluding tert-OH is 1. The highest BCUT2D eigenvalue weighted by Crippen LogP contribution is 2.53. The molecule has 8 heterocycles. The van der Waals surface area contributed by atoms with Gasteiger partial charge < -0.3 is 24.5 Å². The number of pyridine rings is 7. The molecule has 0 bridgehead atoms. The van der Waals surface area contributed by atoms with E-state index >= 15 is 0 Å². The lowest BCUT2D eigenvalue weighted by atomic mass is 9.92. The minimum absolute atomic E-state index is 0.0255. The molecule has 0 unspecified atom stereocenters. The van der Waals surface area contributed by atoms with Gasteiger partial charge >= 0.3 is 5.97 Å². The zero-order valence-electron chi connectivity index (χ0n) is 84.2. The Hall–Kier alpha value is -9.29.